The highest BCUT2D eigenvalue weighted by molar-refractivity contribution is 6.02. The summed E-state index contributed by atoms with van der Waals surface area (Å²) in [7, 11) is 1.66. The van der Waals surface area contributed by atoms with Gasteiger partial charge in [-0.3, -0.25) is 4.79 Å². The molecule has 1 aromatic carbocycles. The van der Waals surface area contributed by atoms with Crippen LogP contribution in [0.1, 0.15) is 24.3 Å². The number of hydrogen-bond acceptors (Lipinski definition) is 4. The van der Waals surface area contributed by atoms with Crippen molar-refractivity contribution in [3.8, 4) is 5.75 Å². The zero-order chi connectivity index (χ0) is 13.8. The lowest BCUT2D eigenvalue weighted by atomic mass is 10.3. The molecule has 1 N–H and O–H groups in total. The van der Waals surface area contributed by atoms with E-state index in [1.165, 1.54) is 11.0 Å². The number of benzene rings is 1. The van der Waals surface area contributed by atoms with E-state index in [0.717, 1.165) is 5.75 Å². The lowest BCUT2D eigenvalue weighted by Gasteiger charge is -2.10. The first-order valence-electron chi connectivity index (χ1n) is 5.99. The number of aryl methyl sites for hydroxylation is 1. The fraction of sp³-hybridized carbons (Fsp3) is 0.308. The van der Waals surface area contributed by atoms with Crippen molar-refractivity contribution >= 4 is 11.6 Å². The van der Waals surface area contributed by atoms with E-state index in [4.69, 9.17) is 4.74 Å². The summed E-state index contributed by atoms with van der Waals surface area (Å²) in [5.74, 6) is 0.484. The normalized spacial score (nSPS) is 10.5. The van der Waals surface area contributed by atoms with Gasteiger partial charge in [0.2, 0.25) is 0 Å². The van der Waals surface area contributed by atoms with Crippen LogP contribution in [0.4, 0.5) is 5.69 Å². The van der Waals surface area contributed by atoms with Gasteiger partial charge < -0.3 is 10.1 Å². The van der Waals surface area contributed by atoms with Crippen LogP contribution in [0.5, 0.6) is 5.75 Å². The highest BCUT2D eigenvalue weighted by Crippen LogP contribution is 2.17. The molecular weight excluding hydrogens is 244 g/mol. The molecule has 0 bridgehead atoms. The number of ether oxygens (including phenoxy) is 1. The maximum atomic E-state index is 11.8. The largest absolute Gasteiger partial charge is 0.491 e. The summed E-state index contributed by atoms with van der Waals surface area (Å²) >= 11 is 0. The molecule has 1 aromatic heterocycles. The Bertz CT molecular complexity index is 560. The summed E-state index contributed by atoms with van der Waals surface area (Å²) in [4.78, 5) is 13.2. The summed E-state index contributed by atoms with van der Waals surface area (Å²) in [6, 6.07) is 7.19. The SMILES string of the molecule is CC(C)Oc1ccc(NC(=O)c2cnn(C)n2)cc1. The third-order valence-corrected chi connectivity index (χ3v) is 2.32. The predicted molar refractivity (Wildman–Crippen MR) is 71.2 cm³/mol. The van der Waals surface area contributed by atoms with Gasteiger partial charge in [0.15, 0.2) is 5.69 Å². The molecule has 0 unspecified atom stereocenters. The van der Waals surface area contributed by atoms with Crippen LogP contribution in [0.3, 0.4) is 0 Å². The molecule has 0 saturated carbocycles. The summed E-state index contributed by atoms with van der Waals surface area (Å²) in [6.07, 6.45) is 1.55. The zero-order valence-corrected chi connectivity index (χ0v) is 11.1. The Morgan fingerprint density at radius 3 is 2.53 bits per heavy atom. The van der Waals surface area contributed by atoms with Gasteiger partial charge in [0.25, 0.3) is 5.91 Å². The molecule has 0 atom stereocenters. The number of rotatable bonds is 4. The highest BCUT2D eigenvalue weighted by Gasteiger charge is 2.09. The number of aromatic nitrogens is 3. The molecule has 0 radical (unpaired) electrons. The second kappa shape index (κ2) is 5.51. The topological polar surface area (TPSA) is 69.0 Å². The van der Waals surface area contributed by atoms with Crippen LogP contribution in [0.15, 0.2) is 30.5 Å². The first kappa shape index (κ1) is 13.1. The summed E-state index contributed by atoms with van der Waals surface area (Å²) < 4.78 is 5.52. The molecule has 0 saturated heterocycles. The van der Waals surface area contributed by atoms with E-state index in [1.54, 1.807) is 19.2 Å². The van der Waals surface area contributed by atoms with Gasteiger partial charge in [-0.2, -0.15) is 9.90 Å². The molecule has 1 amide bonds. The fourth-order valence-corrected chi connectivity index (χ4v) is 1.53. The average Bonchev–Trinajstić information content (AvgIpc) is 2.78. The molecule has 2 rings (SSSR count). The van der Waals surface area contributed by atoms with Gasteiger partial charge in [-0.05, 0) is 38.1 Å². The van der Waals surface area contributed by atoms with Crippen LogP contribution < -0.4 is 10.1 Å². The Morgan fingerprint density at radius 2 is 2.00 bits per heavy atom. The van der Waals surface area contributed by atoms with Crippen molar-refractivity contribution < 1.29 is 9.53 Å². The fourth-order valence-electron chi connectivity index (χ4n) is 1.53. The van der Waals surface area contributed by atoms with Crippen LogP contribution in [-0.4, -0.2) is 27.0 Å². The van der Waals surface area contributed by atoms with Gasteiger partial charge in [-0.1, -0.05) is 0 Å². The number of nitrogens with zero attached hydrogens (tertiary/aromatic N) is 3. The monoisotopic (exact) mass is 260 g/mol. The molecular formula is C13H16N4O2. The summed E-state index contributed by atoms with van der Waals surface area (Å²) in [6.45, 7) is 3.92. The number of hydrogen-bond donors (Lipinski definition) is 1. The minimum absolute atomic E-state index is 0.125. The second-order valence-electron chi connectivity index (χ2n) is 4.36. The number of carbonyl (C=O) groups is 1. The number of amides is 1. The quantitative estimate of drug-likeness (QED) is 0.911. The summed E-state index contributed by atoms with van der Waals surface area (Å²) in [5, 5.41) is 10.5. The van der Waals surface area contributed by atoms with Crippen molar-refractivity contribution in [3.05, 3.63) is 36.2 Å². The molecule has 0 aliphatic carbocycles. The van der Waals surface area contributed by atoms with Crippen molar-refractivity contribution in [2.24, 2.45) is 7.05 Å². The number of nitrogens with one attached hydrogen (secondary N) is 1. The lowest BCUT2D eigenvalue weighted by Crippen LogP contribution is -2.13. The maximum absolute atomic E-state index is 11.8. The van der Waals surface area contributed by atoms with Crippen LogP contribution in [0.2, 0.25) is 0 Å². The standard InChI is InChI=1S/C13H16N4O2/c1-9(2)19-11-6-4-10(5-7-11)15-13(18)12-8-14-17(3)16-12/h4-9H,1-3H3,(H,15,18). The third kappa shape index (κ3) is 3.54. The van der Waals surface area contributed by atoms with E-state index in [9.17, 15) is 4.79 Å². The van der Waals surface area contributed by atoms with Crippen molar-refractivity contribution in [2.75, 3.05) is 5.32 Å². The van der Waals surface area contributed by atoms with Gasteiger partial charge in [0, 0.05) is 12.7 Å². The van der Waals surface area contributed by atoms with Crippen LogP contribution in [-0.2, 0) is 7.05 Å². The Labute approximate surface area is 111 Å². The van der Waals surface area contributed by atoms with Gasteiger partial charge in [-0.15, -0.1) is 5.10 Å². The molecule has 6 nitrogen and oxygen atoms in total. The predicted octanol–water partition coefficient (Wildman–Crippen LogP) is 1.85. The molecule has 0 aliphatic rings. The molecule has 1 heterocycles. The molecule has 0 aliphatic heterocycles. The molecule has 19 heavy (non-hydrogen) atoms. The Hall–Kier alpha value is -2.37. The van der Waals surface area contributed by atoms with Crippen molar-refractivity contribution in [2.45, 2.75) is 20.0 Å². The minimum Gasteiger partial charge on any atom is -0.491 e. The Kier molecular flexibility index (Phi) is 3.79. The van der Waals surface area contributed by atoms with Gasteiger partial charge in [0.05, 0.1) is 12.3 Å². The first-order chi connectivity index (χ1) is 9.04. The van der Waals surface area contributed by atoms with E-state index in [0.29, 0.717) is 5.69 Å². The van der Waals surface area contributed by atoms with E-state index >= 15 is 0 Å². The van der Waals surface area contributed by atoms with Gasteiger partial charge in [0.1, 0.15) is 5.75 Å². The van der Waals surface area contributed by atoms with Crippen LogP contribution in [0, 0.1) is 0 Å². The third-order valence-electron chi connectivity index (χ3n) is 2.32. The van der Waals surface area contributed by atoms with Gasteiger partial charge in [-0.25, -0.2) is 0 Å². The summed E-state index contributed by atoms with van der Waals surface area (Å²) in [5.41, 5.74) is 0.969. The Morgan fingerprint density at radius 1 is 1.32 bits per heavy atom. The molecule has 6 heteroatoms. The van der Waals surface area contributed by atoms with Crippen molar-refractivity contribution in [1.29, 1.82) is 0 Å². The molecule has 0 spiro atoms. The van der Waals surface area contributed by atoms with E-state index in [1.807, 2.05) is 26.0 Å². The smallest absolute Gasteiger partial charge is 0.277 e. The van der Waals surface area contributed by atoms with E-state index in [2.05, 4.69) is 15.5 Å². The average molecular weight is 260 g/mol. The second-order valence-corrected chi connectivity index (χ2v) is 4.36. The molecule has 100 valence electrons. The number of carbonyl (C=O) groups excluding carboxylic acids is 1. The minimum atomic E-state index is -0.286. The van der Waals surface area contributed by atoms with E-state index < -0.39 is 0 Å². The van der Waals surface area contributed by atoms with Gasteiger partial charge >= 0.3 is 0 Å². The van der Waals surface area contributed by atoms with Crippen molar-refractivity contribution in [3.63, 3.8) is 0 Å². The maximum Gasteiger partial charge on any atom is 0.277 e. The number of anilines is 1. The highest BCUT2D eigenvalue weighted by atomic mass is 16.5. The Balaban J connectivity index is 2.01. The molecule has 0 fully saturated rings. The lowest BCUT2D eigenvalue weighted by molar-refractivity contribution is 0.102. The van der Waals surface area contributed by atoms with E-state index in [-0.39, 0.29) is 17.7 Å². The first-order valence-corrected chi connectivity index (χ1v) is 5.99. The van der Waals surface area contributed by atoms with Crippen molar-refractivity contribution in [1.82, 2.24) is 15.0 Å². The van der Waals surface area contributed by atoms with Crippen LogP contribution >= 0.6 is 0 Å². The zero-order valence-electron chi connectivity index (χ0n) is 11.1. The molecule has 2 aromatic rings. The van der Waals surface area contributed by atoms with Crippen LogP contribution in [0.25, 0.3) is 0 Å².